The molecule has 0 radical (unpaired) electrons. The fourth-order valence-corrected chi connectivity index (χ4v) is 2.51. The van der Waals surface area contributed by atoms with Gasteiger partial charge in [-0.25, -0.2) is 0 Å². The van der Waals surface area contributed by atoms with Gasteiger partial charge in [-0.15, -0.1) is 10.2 Å². The highest BCUT2D eigenvalue weighted by Crippen LogP contribution is 2.19. The summed E-state index contributed by atoms with van der Waals surface area (Å²) < 4.78 is 4.23. The van der Waals surface area contributed by atoms with Crippen LogP contribution in [0.5, 0.6) is 0 Å². The van der Waals surface area contributed by atoms with Crippen LogP contribution in [0.25, 0.3) is 0 Å². The van der Waals surface area contributed by atoms with Crippen molar-refractivity contribution in [2.24, 2.45) is 7.05 Å². The molecule has 0 aliphatic rings. The maximum atomic E-state index is 4.23. The Balaban J connectivity index is 2.07. The average molecular weight is 289 g/mol. The van der Waals surface area contributed by atoms with Crippen molar-refractivity contribution in [1.29, 1.82) is 0 Å². The average Bonchev–Trinajstić information content (AvgIpc) is 3.06. The largest absolute Gasteiger partial charge is 0.346 e. The molecule has 1 unspecified atom stereocenters. The molecule has 0 amide bonds. The highest BCUT2D eigenvalue weighted by atomic mass is 15.3. The standard InChI is InChI=1S/C16H27N5/c1-5-7-15(17-9-6-2)14-8-10-21(11-14)12-16-19-18-13(3)20(16)4/h8,10-11,15,17H,5-7,9,12H2,1-4H3. The maximum absolute atomic E-state index is 4.23. The lowest BCUT2D eigenvalue weighted by atomic mass is 10.1. The van der Waals surface area contributed by atoms with Crippen molar-refractivity contribution < 1.29 is 0 Å². The Labute approximate surface area is 127 Å². The van der Waals surface area contributed by atoms with Crippen LogP contribution in [0, 0.1) is 6.92 Å². The molecule has 2 rings (SSSR count). The van der Waals surface area contributed by atoms with Gasteiger partial charge in [0.1, 0.15) is 5.82 Å². The summed E-state index contributed by atoms with van der Waals surface area (Å²) in [5.41, 5.74) is 1.36. The first-order valence-electron chi connectivity index (χ1n) is 7.89. The van der Waals surface area contributed by atoms with E-state index in [1.165, 1.54) is 24.8 Å². The van der Waals surface area contributed by atoms with Gasteiger partial charge in [0, 0.05) is 25.5 Å². The van der Waals surface area contributed by atoms with Gasteiger partial charge in [-0.05, 0) is 37.9 Å². The van der Waals surface area contributed by atoms with Gasteiger partial charge in [0.15, 0.2) is 5.82 Å². The fourth-order valence-electron chi connectivity index (χ4n) is 2.51. The third-order valence-electron chi connectivity index (χ3n) is 3.90. The second-order valence-electron chi connectivity index (χ2n) is 5.64. The van der Waals surface area contributed by atoms with Crippen molar-refractivity contribution in [2.75, 3.05) is 6.54 Å². The van der Waals surface area contributed by atoms with Crippen LogP contribution in [0.3, 0.4) is 0 Å². The maximum Gasteiger partial charge on any atom is 0.152 e. The first-order valence-corrected chi connectivity index (χ1v) is 7.89. The minimum absolute atomic E-state index is 0.456. The van der Waals surface area contributed by atoms with Crippen molar-refractivity contribution in [3.63, 3.8) is 0 Å². The zero-order valence-electron chi connectivity index (χ0n) is 13.6. The molecule has 2 heterocycles. The van der Waals surface area contributed by atoms with Crippen LogP contribution in [0.15, 0.2) is 18.5 Å². The number of aryl methyl sites for hydroxylation is 1. The van der Waals surface area contributed by atoms with Crippen LogP contribution in [0.2, 0.25) is 0 Å². The van der Waals surface area contributed by atoms with E-state index in [-0.39, 0.29) is 0 Å². The van der Waals surface area contributed by atoms with E-state index in [9.17, 15) is 0 Å². The molecule has 0 saturated heterocycles. The van der Waals surface area contributed by atoms with Gasteiger partial charge in [-0.2, -0.15) is 0 Å². The van der Waals surface area contributed by atoms with E-state index in [1.807, 2.05) is 18.5 Å². The Bertz CT molecular complexity index is 555. The zero-order valence-corrected chi connectivity index (χ0v) is 13.6. The second-order valence-corrected chi connectivity index (χ2v) is 5.64. The van der Waals surface area contributed by atoms with Gasteiger partial charge >= 0.3 is 0 Å². The molecule has 0 saturated carbocycles. The molecule has 0 aromatic carbocycles. The molecule has 1 N–H and O–H groups in total. The number of rotatable bonds is 8. The third kappa shape index (κ3) is 3.94. The highest BCUT2D eigenvalue weighted by molar-refractivity contribution is 5.16. The summed E-state index contributed by atoms with van der Waals surface area (Å²) in [5, 5.41) is 12.0. The van der Waals surface area contributed by atoms with E-state index in [0.29, 0.717) is 6.04 Å². The smallest absolute Gasteiger partial charge is 0.152 e. The summed E-state index contributed by atoms with van der Waals surface area (Å²) in [5.74, 6) is 1.94. The number of nitrogens with one attached hydrogen (secondary N) is 1. The Morgan fingerprint density at radius 1 is 1.24 bits per heavy atom. The number of nitrogens with zero attached hydrogens (tertiary/aromatic N) is 4. The van der Waals surface area contributed by atoms with Crippen molar-refractivity contribution in [3.05, 3.63) is 35.7 Å². The second kappa shape index (κ2) is 7.41. The van der Waals surface area contributed by atoms with E-state index >= 15 is 0 Å². The minimum atomic E-state index is 0.456. The van der Waals surface area contributed by atoms with Crippen molar-refractivity contribution in [1.82, 2.24) is 24.6 Å². The molecule has 5 nitrogen and oxygen atoms in total. The minimum Gasteiger partial charge on any atom is -0.346 e. The van der Waals surface area contributed by atoms with E-state index < -0.39 is 0 Å². The summed E-state index contributed by atoms with van der Waals surface area (Å²) >= 11 is 0. The Hall–Kier alpha value is -1.62. The molecule has 0 aliphatic heterocycles. The van der Waals surface area contributed by atoms with Crippen LogP contribution in [-0.4, -0.2) is 25.9 Å². The highest BCUT2D eigenvalue weighted by Gasteiger charge is 2.12. The fraction of sp³-hybridized carbons (Fsp3) is 0.625. The van der Waals surface area contributed by atoms with Crippen LogP contribution in [-0.2, 0) is 13.6 Å². The molecule has 0 aliphatic carbocycles. The molecule has 0 fully saturated rings. The summed E-state index contributed by atoms with van der Waals surface area (Å²) in [7, 11) is 2.01. The Kier molecular flexibility index (Phi) is 5.56. The van der Waals surface area contributed by atoms with E-state index in [0.717, 1.165) is 24.7 Å². The predicted octanol–water partition coefficient (Wildman–Crippen LogP) is 2.81. The van der Waals surface area contributed by atoms with Crippen molar-refractivity contribution in [3.8, 4) is 0 Å². The van der Waals surface area contributed by atoms with Gasteiger partial charge in [0.25, 0.3) is 0 Å². The van der Waals surface area contributed by atoms with Gasteiger partial charge in [0.05, 0.1) is 6.54 Å². The Morgan fingerprint density at radius 2 is 2.05 bits per heavy atom. The lowest BCUT2D eigenvalue weighted by Gasteiger charge is -2.16. The van der Waals surface area contributed by atoms with Crippen LogP contribution >= 0.6 is 0 Å². The quantitative estimate of drug-likeness (QED) is 0.813. The molecule has 2 aromatic heterocycles. The predicted molar refractivity (Wildman–Crippen MR) is 85.2 cm³/mol. The summed E-state index contributed by atoms with van der Waals surface area (Å²) in [6.07, 6.45) is 7.89. The van der Waals surface area contributed by atoms with E-state index in [4.69, 9.17) is 0 Å². The monoisotopic (exact) mass is 289 g/mol. The molecule has 21 heavy (non-hydrogen) atoms. The van der Waals surface area contributed by atoms with Gasteiger partial charge < -0.3 is 14.5 Å². The first kappa shape index (κ1) is 15.8. The molecule has 1 atom stereocenters. The third-order valence-corrected chi connectivity index (χ3v) is 3.90. The summed E-state index contributed by atoms with van der Waals surface area (Å²) in [6, 6.07) is 2.67. The SMILES string of the molecule is CCCNC(CCC)c1ccn(Cc2nnc(C)n2C)c1. The topological polar surface area (TPSA) is 47.7 Å². The van der Waals surface area contributed by atoms with E-state index in [2.05, 4.69) is 52.4 Å². The first-order chi connectivity index (χ1) is 10.2. The number of hydrogen-bond acceptors (Lipinski definition) is 3. The van der Waals surface area contributed by atoms with Gasteiger partial charge in [0.2, 0.25) is 0 Å². The molecular formula is C16H27N5. The van der Waals surface area contributed by atoms with Crippen LogP contribution in [0.4, 0.5) is 0 Å². The number of hydrogen-bond donors (Lipinski definition) is 1. The molecule has 116 valence electrons. The lowest BCUT2D eigenvalue weighted by molar-refractivity contribution is 0.493. The number of aromatic nitrogens is 4. The summed E-state index contributed by atoms with van der Waals surface area (Å²) in [6.45, 7) is 8.25. The summed E-state index contributed by atoms with van der Waals surface area (Å²) in [4.78, 5) is 0. The normalized spacial score (nSPS) is 12.8. The molecule has 0 spiro atoms. The van der Waals surface area contributed by atoms with Crippen molar-refractivity contribution in [2.45, 2.75) is 52.6 Å². The van der Waals surface area contributed by atoms with E-state index in [1.54, 1.807) is 0 Å². The lowest BCUT2D eigenvalue weighted by Crippen LogP contribution is -2.21. The molecular weight excluding hydrogens is 262 g/mol. The zero-order chi connectivity index (χ0) is 15.2. The molecule has 2 aromatic rings. The van der Waals surface area contributed by atoms with Crippen LogP contribution < -0.4 is 5.32 Å². The van der Waals surface area contributed by atoms with Crippen LogP contribution in [0.1, 0.15) is 56.4 Å². The van der Waals surface area contributed by atoms with Gasteiger partial charge in [-0.3, -0.25) is 0 Å². The molecule has 0 bridgehead atoms. The molecule has 5 heteroatoms. The Morgan fingerprint density at radius 3 is 2.67 bits per heavy atom. The van der Waals surface area contributed by atoms with Crippen molar-refractivity contribution >= 4 is 0 Å². The van der Waals surface area contributed by atoms with Gasteiger partial charge in [-0.1, -0.05) is 20.3 Å².